The van der Waals surface area contributed by atoms with E-state index in [1.54, 1.807) is 42.5 Å². The molecule has 0 aliphatic heterocycles. The normalized spacial score (nSPS) is 11.7. The van der Waals surface area contributed by atoms with E-state index >= 15 is 0 Å². The smallest absolute Gasteiger partial charge is 0.336 e. The molecule has 1 N–H and O–H groups in total. The number of carbonyl (C=O) groups is 2. The number of carboxylic acid groups (broad SMARTS) is 1. The minimum Gasteiger partial charge on any atom is -0.489 e. The van der Waals surface area contributed by atoms with Gasteiger partial charge in [-0.25, -0.2) is 4.79 Å². The van der Waals surface area contributed by atoms with Crippen LogP contribution < -0.4 is 4.74 Å². The molecule has 1 heterocycles. The second kappa shape index (κ2) is 11.0. The average molecular weight is 507 g/mol. The number of aliphatic carboxylic acids is 1. The number of ether oxygens (including phenoxy) is 1. The zero-order valence-corrected chi connectivity index (χ0v) is 20.5. The van der Waals surface area contributed by atoms with Crippen LogP contribution in [0.4, 0.5) is 0 Å². The summed E-state index contributed by atoms with van der Waals surface area (Å²) in [5.41, 5.74) is 4.08. The topological polar surface area (TPSA) is 89.4 Å². The first kappa shape index (κ1) is 24.1. The number of allylic oxidation sites excluding steroid dienone is 1. The monoisotopic (exact) mass is 506 g/mol. The molecule has 7 heteroatoms. The third kappa shape index (κ3) is 5.63. The number of nitrogens with zero attached hydrogens (tertiary/aromatic N) is 2. The number of carboxylic acids is 1. The van der Waals surface area contributed by atoms with Crippen LogP contribution >= 0.6 is 11.7 Å². The lowest BCUT2D eigenvalue weighted by atomic mass is 9.89. The number of aromatic nitrogens is 2. The van der Waals surface area contributed by atoms with Crippen molar-refractivity contribution < 1.29 is 19.4 Å². The van der Waals surface area contributed by atoms with Crippen molar-refractivity contribution in [3.63, 3.8) is 0 Å². The van der Waals surface area contributed by atoms with Crippen molar-refractivity contribution in [3.8, 4) is 5.75 Å². The van der Waals surface area contributed by atoms with Gasteiger partial charge >= 0.3 is 5.97 Å². The van der Waals surface area contributed by atoms with Crippen LogP contribution in [-0.2, 0) is 17.8 Å². The van der Waals surface area contributed by atoms with Crippen LogP contribution in [0.3, 0.4) is 0 Å². The first-order chi connectivity index (χ1) is 18.1. The van der Waals surface area contributed by atoms with Gasteiger partial charge in [-0.05, 0) is 53.1 Å². The van der Waals surface area contributed by atoms with Crippen LogP contribution in [0.15, 0.2) is 109 Å². The Bertz CT molecular complexity index is 1580. The Morgan fingerprint density at radius 2 is 1.35 bits per heavy atom. The molecule has 0 aliphatic carbocycles. The Morgan fingerprint density at radius 3 is 2.03 bits per heavy atom. The van der Waals surface area contributed by atoms with Gasteiger partial charge in [-0.2, -0.15) is 8.75 Å². The SMILES string of the molecule is O=C(O)/C(=C(\Cc1ccccc1)C(=O)c1ccc(OCc2ccccc2)cc1)c1ccc2nsnc2c1. The molecule has 0 amide bonds. The van der Waals surface area contributed by atoms with Crippen molar-refractivity contribution in [2.45, 2.75) is 13.0 Å². The summed E-state index contributed by atoms with van der Waals surface area (Å²) in [7, 11) is 0. The van der Waals surface area contributed by atoms with E-state index in [0.717, 1.165) is 22.9 Å². The maximum absolute atomic E-state index is 13.8. The van der Waals surface area contributed by atoms with Crippen molar-refractivity contribution in [2.24, 2.45) is 0 Å². The standard InChI is InChI=1S/C30H22N2O4S/c33-29(22-11-14-24(15-12-22)36-19-21-9-5-2-6-10-21)25(17-20-7-3-1-4-8-20)28(30(34)35)23-13-16-26-27(18-23)32-37-31-26/h1-16,18H,17,19H2,(H,34,35)/b28-25+. The molecule has 0 unspecified atom stereocenters. The molecule has 0 atom stereocenters. The Balaban J connectivity index is 1.51. The van der Waals surface area contributed by atoms with Gasteiger partial charge in [0.2, 0.25) is 0 Å². The van der Waals surface area contributed by atoms with E-state index in [1.165, 1.54) is 0 Å². The number of ketones is 1. The van der Waals surface area contributed by atoms with Crippen molar-refractivity contribution in [2.75, 3.05) is 0 Å². The molecule has 5 aromatic rings. The highest BCUT2D eigenvalue weighted by Gasteiger charge is 2.24. The van der Waals surface area contributed by atoms with Gasteiger partial charge in [0.25, 0.3) is 0 Å². The van der Waals surface area contributed by atoms with E-state index in [0.29, 0.717) is 34.5 Å². The molecule has 0 radical (unpaired) electrons. The summed E-state index contributed by atoms with van der Waals surface area (Å²) in [6.45, 7) is 0.407. The van der Waals surface area contributed by atoms with Crippen LogP contribution in [0.25, 0.3) is 16.6 Å². The highest BCUT2D eigenvalue weighted by atomic mass is 32.1. The molecule has 0 spiro atoms. The first-order valence-corrected chi connectivity index (χ1v) is 12.4. The average Bonchev–Trinajstić information content (AvgIpc) is 3.41. The van der Waals surface area contributed by atoms with Gasteiger partial charge in [-0.1, -0.05) is 66.7 Å². The highest BCUT2D eigenvalue weighted by molar-refractivity contribution is 7.00. The largest absolute Gasteiger partial charge is 0.489 e. The number of fused-ring (bicyclic) bond motifs is 1. The summed E-state index contributed by atoms with van der Waals surface area (Å²) >= 11 is 1.06. The third-order valence-corrected chi connectivity index (χ3v) is 6.48. The Morgan fingerprint density at radius 1 is 0.730 bits per heavy atom. The lowest BCUT2D eigenvalue weighted by molar-refractivity contribution is -0.130. The van der Waals surface area contributed by atoms with Gasteiger partial charge in [-0.15, -0.1) is 0 Å². The molecular formula is C30H22N2O4S. The Kier molecular flexibility index (Phi) is 7.14. The van der Waals surface area contributed by atoms with Crippen molar-refractivity contribution in [1.29, 1.82) is 0 Å². The molecule has 4 aromatic carbocycles. The van der Waals surface area contributed by atoms with Crippen LogP contribution in [0.5, 0.6) is 5.75 Å². The Labute approximate surface area is 217 Å². The molecule has 6 nitrogen and oxygen atoms in total. The maximum atomic E-state index is 13.8. The molecule has 0 saturated carbocycles. The summed E-state index contributed by atoms with van der Waals surface area (Å²) in [5.74, 6) is -0.911. The van der Waals surface area contributed by atoms with E-state index in [-0.39, 0.29) is 23.4 Å². The summed E-state index contributed by atoms with van der Waals surface area (Å²) in [5, 5.41) is 10.3. The second-order valence-corrected chi connectivity index (χ2v) is 8.95. The van der Waals surface area contributed by atoms with Crippen LogP contribution in [0.1, 0.15) is 27.0 Å². The highest BCUT2D eigenvalue weighted by Crippen LogP contribution is 2.28. The Hall–Kier alpha value is -4.62. The van der Waals surface area contributed by atoms with E-state index in [9.17, 15) is 14.7 Å². The lowest BCUT2D eigenvalue weighted by Gasteiger charge is -2.14. The van der Waals surface area contributed by atoms with Gasteiger partial charge < -0.3 is 9.84 Å². The van der Waals surface area contributed by atoms with E-state index in [2.05, 4.69) is 8.75 Å². The van der Waals surface area contributed by atoms with Crippen LogP contribution in [0, 0.1) is 0 Å². The second-order valence-electron chi connectivity index (χ2n) is 8.42. The summed E-state index contributed by atoms with van der Waals surface area (Å²) < 4.78 is 14.3. The van der Waals surface area contributed by atoms with E-state index < -0.39 is 5.97 Å². The molecule has 0 saturated heterocycles. The van der Waals surface area contributed by atoms with Crippen molar-refractivity contribution in [1.82, 2.24) is 8.75 Å². The van der Waals surface area contributed by atoms with Crippen molar-refractivity contribution >= 4 is 40.1 Å². The van der Waals surface area contributed by atoms with Crippen LogP contribution in [-0.4, -0.2) is 25.6 Å². The van der Waals surface area contributed by atoms with Gasteiger partial charge in [0.1, 0.15) is 23.4 Å². The molecule has 1 aromatic heterocycles. The number of hydrogen-bond donors (Lipinski definition) is 1. The predicted octanol–water partition coefficient (Wildman–Crippen LogP) is 6.23. The zero-order valence-electron chi connectivity index (χ0n) is 19.7. The molecule has 182 valence electrons. The number of hydrogen-bond acceptors (Lipinski definition) is 6. The van der Waals surface area contributed by atoms with Gasteiger partial charge in [-0.3, -0.25) is 4.79 Å². The summed E-state index contributed by atoms with van der Waals surface area (Å²) in [4.78, 5) is 26.3. The summed E-state index contributed by atoms with van der Waals surface area (Å²) in [6.07, 6.45) is 0.168. The molecule has 0 fully saturated rings. The van der Waals surface area contributed by atoms with Gasteiger partial charge in [0.15, 0.2) is 5.78 Å². The van der Waals surface area contributed by atoms with Crippen LogP contribution in [0.2, 0.25) is 0 Å². The minimum absolute atomic E-state index is 0.0480. The fourth-order valence-corrected chi connectivity index (χ4v) is 4.58. The molecular weight excluding hydrogens is 484 g/mol. The fourth-order valence-electron chi connectivity index (χ4n) is 4.06. The quantitative estimate of drug-likeness (QED) is 0.188. The molecule has 37 heavy (non-hydrogen) atoms. The number of rotatable bonds is 9. The summed E-state index contributed by atoms with van der Waals surface area (Å²) in [6, 6.07) is 31.0. The van der Waals surface area contributed by atoms with E-state index in [4.69, 9.17) is 4.74 Å². The molecule has 5 rings (SSSR count). The number of benzene rings is 4. The predicted molar refractivity (Wildman–Crippen MR) is 144 cm³/mol. The minimum atomic E-state index is -1.18. The maximum Gasteiger partial charge on any atom is 0.336 e. The third-order valence-electron chi connectivity index (χ3n) is 5.92. The first-order valence-electron chi connectivity index (χ1n) is 11.6. The molecule has 0 bridgehead atoms. The number of carbonyl (C=O) groups excluding carboxylic acids is 1. The fraction of sp³-hybridized carbons (Fsp3) is 0.0667. The zero-order chi connectivity index (χ0) is 25.6. The number of Topliss-reactive ketones (excluding diaryl/α,β-unsaturated/α-hetero) is 1. The lowest BCUT2D eigenvalue weighted by Crippen LogP contribution is -2.14. The van der Waals surface area contributed by atoms with Crippen molar-refractivity contribution in [3.05, 3.63) is 131 Å². The van der Waals surface area contributed by atoms with Gasteiger partial charge in [0, 0.05) is 17.6 Å². The van der Waals surface area contributed by atoms with Gasteiger partial charge in [0.05, 0.1) is 17.3 Å². The van der Waals surface area contributed by atoms with E-state index in [1.807, 2.05) is 60.7 Å². The molecule has 0 aliphatic rings.